The van der Waals surface area contributed by atoms with Gasteiger partial charge in [0.15, 0.2) is 23.0 Å². The zero-order valence-electron chi connectivity index (χ0n) is 33.2. The molecule has 3 heterocycles. The number of allylic oxidation sites excluding steroid dienone is 1. The molecule has 0 amide bonds. The highest BCUT2D eigenvalue weighted by atomic mass is 16.6. The van der Waals surface area contributed by atoms with E-state index < -0.39 is 0 Å². The molecule has 1 N–H and O–H groups in total. The second kappa shape index (κ2) is 13.2. The van der Waals surface area contributed by atoms with Crippen LogP contribution in [0.15, 0.2) is 193 Å². The predicted octanol–water partition coefficient (Wildman–Crippen LogP) is 13.8. The summed E-state index contributed by atoms with van der Waals surface area (Å²) in [6.45, 7) is 4.56. The highest BCUT2D eigenvalue weighted by molar-refractivity contribution is 6.13. The summed E-state index contributed by atoms with van der Waals surface area (Å²) in [6.07, 6.45) is 1.87. The molecule has 1 aliphatic carbocycles. The largest absolute Gasteiger partial charge is 0.449 e. The summed E-state index contributed by atoms with van der Waals surface area (Å²) in [6, 6.07) is 64.2. The molecule has 0 radical (unpaired) electrons. The van der Waals surface area contributed by atoms with Crippen LogP contribution in [0.3, 0.4) is 0 Å². The maximum absolute atomic E-state index is 6.76. The molecular formula is C55H39N3O2. The molecule has 5 heteroatoms. The first-order chi connectivity index (χ1) is 29.5. The topological polar surface area (TPSA) is 47.8 Å². The fourth-order valence-electron chi connectivity index (χ4n) is 9.53. The maximum atomic E-state index is 6.76. The second-order valence-corrected chi connectivity index (χ2v) is 16.3. The molecule has 1 aromatic heterocycles. The van der Waals surface area contributed by atoms with Crippen molar-refractivity contribution in [2.75, 3.05) is 0 Å². The van der Waals surface area contributed by atoms with E-state index in [2.05, 4.69) is 194 Å². The summed E-state index contributed by atoms with van der Waals surface area (Å²) >= 11 is 0. The van der Waals surface area contributed by atoms with E-state index in [-0.39, 0.29) is 11.6 Å². The van der Waals surface area contributed by atoms with Crippen LogP contribution >= 0.6 is 0 Å². The minimum absolute atomic E-state index is 0.122. The smallest absolute Gasteiger partial charge is 0.178 e. The van der Waals surface area contributed by atoms with Gasteiger partial charge < -0.3 is 19.4 Å². The number of aromatic nitrogens is 1. The molecule has 1 atom stereocenters. The van der Waals surface area contributed by atoms with E-state index in [9.17, 15) is 0 Å². The minimum atomic E-state index is -0.295. The quantitative estimate of drug-likeness (QED) is 0.189. The van der Waals surface area contributed by atoms with Crippen molar-refractivity contribution >= 4 is 33.2 Å². The van der Waals surface area contributed by atoms with Crippen LogP contribution in [0.4, 0.5) is 0 Å². The molecule has 60 heavy (non-hydrogen) atoms. The van der Waals surface area contributed by atoms with E-state index in [0.717, 1.165) is 67.7 Å². The van der Waals surface area contributed by atoms with E-state index in [4.69, 9.17) is 14.5 Å². The molecule has 0 bridgehead atoms. The van der Waals surface area contributed by atoms with Crippen molar-refractivity contribution < 1.29 is 9.47 Å². The third-order valence-corrected chi connectivity index (χ3v) is 12.5. The number of ether oxygens (including phenoxy) is 2. The number of hydrogen-bond donors (Lipinski definition) is 1. The Kier molecular flexibility index (Phi) is 7.57. The van der Waals surface area contributed by atoms with Gasteiger partial charge in [-0.15, -0.1) is 0 Å². The average molecular weight is 774 g/mol. The molecule has 2 aliphatic heterocycles. The molecule has 8 aromatic carbocycles. The second-order valence-electron chi connectivity index (χ2n) is 16.3. The molecular weight excluding hydrogens is 735 g/mol. The van der Waals surface area contributed by atoms with Gasteiger partial charge in [0.2, 0.25) is 0 Å². The Bertz CT molecular complexity index is 3190. The number of para-hydroxylation sites is 3. The van der Waals surface area contributed by atoms with E-state index in [1.807, 2.05) is 18.2 Å². The van der Waals surface area contributed by atoms with Gasteiger partial charge in [-0.05, 0) is 81.4 Å². The highest BCUT2D eigenvalue weighted by Gasteiger charge is 2.39. The van der Waals surface area contributed by atoms with Crippen molar-refractivity contribution in [1.82, 2.24) is 9.88 Å². The number of nitrogens with zero attached hydrogens (tertiary/aromatic N) is 2. The lowest BCUT2D eigenvalue weighted by atomic mass is 9.82. The van der Waals surface area contributed by atoms with Crippen molar-refractivity contribution in [3.8, 4) is 50.9 Å². The zero-order valence-corrected chi connectivity index (χ0v) is 33.2. The van der Waals surface area contributed by atoms with Crippen LogP contribution in [0.2, 0.25) is 0 Å². The summed E-state index contributed by atoms with van der Waals surface area (Å²) in [5, 5.41) is 6.28. The Morgan fingerprint density at radius 2 is 1.15 bits per heavy atom. The van der Waals surface area contributed by atoms with Crippen LogP contribution in [0, 0.1) is 0 Å². The summed E-state index contributed by atoms with van der Waals surface area (Å²) in [5.41, 5.74) is 15.5. The number of rotatable bonds is 5. The number of nitrogens with one attached hydrogen (secondary N) is 1. The van der Waals surface area contributed by atoms with Gasteiger partial charge in [-0.3, -0.25) is 4.99 Å². The third kappa shape index (κ3) is 5.29. The van der Waals surface area contributed by atoms with E-state index in [1.54, 1.807) is 0 Å². The van der Waals surface area contributed by atoms with Gasteiger partial charge in [0.05, 0.1) is 16.7 Å². The van der Waals surface area contributed by atoms with Crippen LogP contribution in [0.5, 0.6) is 23.0 Å². The molecule has 1 unspecified atom stereocenters. The Hall–Kier alpha value is -7.63. The maximum Gasteiger partial charge on any atom is 0.178 e. The number of benzene rings is 8. The van der Waals surface area contributed by atoms with E-state index in [1.165, 1.54) is 38.5 Å². The average Bonchev–Trinajstić information content (AvgIpc) is 3.77. The Morgan fingerprint density at radius 1 is 0.517 bits per heavy atom. The molecule has 12 rings (SSSR count). The molecule has 0 saturated carbocycles. The Balaban J connectivity index is 0.863. The molecule has 0 fully saturated rings. The molecule has 5 nitrogen and oxygen atoms in total. The number of fused-ring (bicyclic) bond motifs is 9. The van der Waals surface area contributed by atoms with Crippen molar-refractivity contribution in [2.24, 2.45) is 4.99 Å². The van der Waals surface area contributed by atoms with Gasteiger partial charge in [-0.1, -0.05) is 159 Å². The lowest BCUT2D eigenvalue weighted by Crippen LogP contribution is -2.24. The lowest BCUT2D eigenvalue weighted by molar-refractivity contribution is 0.361. The lowest BCUT2D eigenvalue weighted by Gasteiger charge is -2.27. The zero-order chi connectivity index (χ0) is 40.0. The molecule has 0 saturated heterocycles. The van der Waals surface area contributed by atoms with Crippen molar-refractivity contribution in [3.05, 3.63) is 216 Å². The number of aliphatic imine (C=N–C) groups is 1. The van der Waals surface area contributed by atoms with Crippen molar-refractivity contribution in [2.45, 2.75) is 25.4 Å². The van der Waals surface area contributed by atoms with Crippen LogP contribution in [0.25, 0.3) is 55.4 Å². The minimum Gasteiger partial charge on any atom is -0.449 e. The van der Waals surface area contributed by atoms with Gasteiger partial charge in [-0.2, -0.15) is 0 Å². The normalized spacial score (nSPS) is 15.7. The third-order valence-electron chi connectivity index (χ3n) is 12.5. The SMILES string of the molecule is CC1(C)c2ccccc2-c2c1ccc1c2Oc2cccc(-c3ccc(C4N=C(c5ccccc5)C=C(c5ccc(-n6c7ccccc7c7ccccc76)cc5)N4)cc3)c2O1. The Labute approximate surface area is 348 Å². The van der Waals surface area contributed by atoms with E-state index >= 15 is 0 Å². The standard InChI is InChI=1S/C55H39N3O2/c1-55(2)43-19-9-6-17-42(43)51-44(55)31-32-50-53(51)60-49-22-12-18-39(52(49)59-50)34-23-25-37(26-24-34)54-56-45(35-13-4-3-5-14-35)33-46(57-54)36-27-29-38(30-28-36)58-47-20-10-7-15-40(47)41-16-8-11-21-48(41)58/h3-33,54,57H,1-2H3. The fourth-order valence-corrected chi connectivity index (χ4v) is 9.53. The van der Waals surface area contributed by atoms with Crippen LogP contribution < -0.4 is 14.8 Å². The number of hydrogen-bond acceptors (Lipinski definition) is 4. The van der Waals surface area contributed by atoms with Crippen molar-refractivity contribution in [1.29, 1.82) is 0 Å². The molecule has 9 aromatic rings. The van der Waals surface area contributed by atoms with Crippen LogP contribution in [-0.4, -0.2) is 10.3 Å². The van der Waals surface area contributed by atoms with Crippen molar-refractivity contribution in [3.63, 3.8) is 0 Å². The summed E-state index contributed by atoms with van der Waals surface area (Å²) < 4.78 is 15.9. The van der Waals surface area contributed by atoms with Gasteiger partial charge >= 0.3 is 0 Å². The van der Waals surface area contributed by atoms with Gasteiger partial charge in [0.1, 0.15) is 6.17 Å². The van der Waals surface area contributed by atoms with Gasteiger partial charge in [-0.25, -0.2) is 0 Å². The first-order valence-corrected chi connectivity index (χ1v) is 20.6. The predicted molar refractivity (Wildman–Crippen MR) is 244 cm³/mol. The van der Waals surface area contributed by atoms with Gasteiger partial charge in [0.25, 0.3) is 0 Å². The fraction of sp³-hybridized carbons (Fsp3) is 0.0727. The Morgan fingerprint density at radius 3 is 1.92 bits per heavy atom. The monoisotopic (exact) mass is 773 g/mol. The van der Waals surface area contributed by atoms with E-state index in [0.29, 0.717) is 5.75 Å². The first kappa shape index (κ1) is 34.4. The van der Waals surface area contributed by atoms with Crippen LogP contribution in [-0.2, 0) is 5.41 Å². The molecule has 3 aliphatic rings. The first-order valence-electron chi connectivity index (χ1n) is 20.6. The summed E-state index contributed by atoms with van der Waals surface area (Å²) in [7, 11) is 0. The van der Waals surface area contributed by atoms with Gasteiger partial charge in [0, 0.05) is 38.7 Å². The molecule has 286 valence electrons. The summed E-state index contributed by atoms with van der Waals surface area (Å²) in [5.74, 6) is 2.95. The molecule has 0 spiro atoms. The van der Waals surface area contributed by atoms with Crippen LogP contribution in [0.1, 0.15) is 47.8 Å². The summed E-state index contributed by atoms with van der Waals surface area (Å²) in [4.78, 5) is 5.26. The highest BCUT2D eigenvalue weighted by Crippen LogP contribution is 2.59.